The van der Waals surface area contributed by atoms with Crippen molar-refractivity contribution in [3.8, 4) is 0 Å². The molecule has 0 aromatic heterocycles. The third-order valence-electron chi connectivity index (χ3n) is 2.21. The number of aliphatic hydroxyl groups excluding tert-OH is 3. The van der Waals surface area contributed by atoms with Crippen LogP contribution in [0.3, 0.4) is 0 Å². The number of rotatable bonds is 0. The first-order valence-corrected chi connectivity index (χ1v) is 3.60. The van der Waals surface area contributed by atoms with Gasteiger partial charge < -0.3 is 29.9 Å². The van der Waals surface area contributed by atoms with E-state index in [1.54, 1.807) is 0 Å². The van der Waals surface area contributed by atoms with Gasteiger partial charge in [-0.15, -0.1) is 0 Å². The molecule has 2 rings (SSSR count). The van der Waals surface area contributed by atoms with Crippen LogP contribution < -0.4 is 0 Å². The molecular weight excluding hydrogens is 168 g/mol. The van der Waals surface area contributed by atoms with E-state index in [2.05, 4.69) is 4.74 Å². The van der Waals surface area contributed by atoms with Crippen molar-refractivity contribution in [3.63, 3.8) is 0 Å². The van der Waals surface area contributed by atoms with Gasteiger partial charge in [0.25, 0.3) is 0 Å². The minimum absolute atomic E-state index is 0.243. The summed E-state index contributed by atoms with van der Waals surface area (Å²) in [6, 6.07) is 0. The summed E-state index contributed by atoms with van der Waals surface area (Å²) in [6.45, 7) is -0.243. The van der Waals surface area contributed by atoms with Gasteiger partial charge in [0, 0.05) is 0 Å². The molecular formula is C6H10O6. The van der Waals surface area contributed by atoms with Gasteiger partial charge >= 0.3 is 0 Å². The van der Waals surface area contributed by atoms with Crippen molar-refractivity contribution in [3.05, 3.63) is 0 Å². The molecule has 12 heavy (non-hydrogen) atoms. The van der Waals surface area contributed by atoms with Crippen LogP contribution in [0.2, 0.25) is 0 Å². The fourth-order valence-corrected chi connectivity index (χ4v) is 1.48. The second-order valence-corrected chi connectivity index (χ2v) is 3.06. The van der Waals surface area contributed by atoms with Crippen LogP contribution in [0.4, 0.5) is 0 Å². The smallest absolute Gasteiger partial charge is 0.221 e. The molecule has 0 spiro atoms. The molecule has 0 amide bonds. The first-order valence-electron chi connectivity index (χ1n) is 3.60. The first kappa shape index (κ1) is 8.36. The summed E-state index contributed by atoms with van der Waals surface area (Å²) in [4.78, 5) is 0. The molecule has 5 unspecified atom stereocenters. The van der Waals surface area contributed by atoms with E-state index in [0.717, 1.165) is 0 Å². The molecule has 0 saturated carbocycles. The maximum atomic E-state index is 9.41. The Kier molecular flexibility index (Phi) is 1.66. The van der Waals surface area contributed by atoms with E-state index in [0.29, 0.717) is 0 Å². The molecule has 6 nitrogen and oxygen atoms in total. The van der Waals surface area contributed by atoms with Crippen LogP contribution >= 0.6 is 0 Å². The Bertz CT molecular complexity index is 196. The van der Waals surface area contributed by atoms with Gasteiger partial charge in [0.2, 0.25) is 5.79 Å². The molecule has 2 bridgehead atoms. The van der Waals surface area contributed by atoms with Crippen molar-refractivity contribution in [2.45, 2.75) is 30.4 Å². The van der Waals surface area contributed by atoms with Gasteiger partial charge in [-0.2, -0.15) is 0 Å². The summed E-state index contributed by atoms with van der Waals surface area (Å²) >= 11 is 0. The van der Waals surface area contributed by atoms with E-state index < -0.39 is 30.4 Å². The van der Waals surface area contributed by atoms with E-state index in [1.165, 1.54) is 0 Å². The highest BCUT2D eigenvalue weighted by atomic mass is 16.7. The van der Waals surface area contributed by atoms with Crippen LogP contribution in [0.1, 0.15) is 0 Å². The van der Waals surface area contributed by atoms with Gasteiger partial charge in [0.05, 0.1) is 0 Å². The minimum atomic E-state index is -1.87. The van der Waals surface area contributed by atoms with Crippen LogP contribution in [-0.2, 0) is 9.47 Å². The number of hydrogen-bond acceptors (Lipinski definition) is 6. The summed E-state index contributed by atoms with van der Waals surface area (Å²) in [5.74, 6) is -1.87. The van der Waals surface area contributed by atoms with Gasteiger partial charge in [0.15, 0.2) is 6.29 Å². The highest BCUT2D eigenvalue weighted by molar-refractivity contribution is 4.99. The average Bonchev–Trinajstić information content (AvgIpc) is 2.21. The van der Waals surface area contributed by atoms with E-state index >= 15 is 0 Å². The molecule has 0 aromatic carbocycles. The third-order valence-corrected chi connectivity index (χ3v) is 2.21. The Morgan fingerprint density at radius 2 is 1.92 bits per heavy atom. The molecule has 2 aliphatic heterocycles. The van der Waals surface area contributed by atoms with Crippen LogP contribution in [0, 0.1) is 0 Å². The summed E-state index contributed by atoms with van der Waals surface area (Å²) in [5, 5.41) is 36.9. The van der Waals surface area contributed by atoms with Crippen molar-refractivity contribution >= 4 is 0 Å². The number of hydrogen-bond donors (Lipinski definition) is 4. The standard InChI is InChI=1S/C6H10O6/c7-2-3-4(8)6(10,1-11-3)12-5(2)9/h2-5,7-10H,1H2. The zero-order valence-electron chi connectivity index (χ0n) is 6.12. The fourth-order valence-electron chi connectivity index (χ4n) is 1.48. The van der Waals surface area contributed by atoms with Crippen molar-refractivity contribution in [1.82, 2.24) is 0 Å². The molecule has 2 heterocycles. The van der Waals surface area contributed by atoms with Gasteiger partial charge in [0.1, 0.15) is 24.9 Å². The average molecular weight is 178 g/mol. The fraction of sp³-hybridized carbons (Fsp3) is 1.00. The van der Waals surface area contributed by atoms with Gasteiger partial charge in [-0.1, -0.05) is 0 Å². The van der Waals surface area contributed by atoms with Gasteiger partial charge in [-0.3, -0.25) is 0 Å². The van der Waals surface area contributed by atoms with Crippen LogP contribution in [0.25, 0.3) is 0 Å². The van der Waals surface area contributed by atoms with Crippen molar-refractivity contribution < 1.29 is 29.9 Å². The number of fused-ring (bicyclic) bond motifs is 2. The highest BCUT2D eigenvalue weighted by Crippen LogP contribution is 2.35. The lowest BCUT2D eigenvalue weighted by Crippen LogP contribution is -2.59. The highest BCUT2D eigenvalue weighted by Gasteiger charge is 2.59. The van der Waals surface area contributed by atoms with Crippen molar-refractivity contribution in [2.24, 2.45) is 0 Å². The maximum absolute atomic E-state index is 9.41. The molecule has 5 atom stereocenters. The molecule has 0 aliphatic carbocycles. The van der Waals surface area contributed by atoms with E-state index in [4.69, 9.17) is 9.84 Å². The van der Waals surface area contributed by atoms with Crippen molar-refractivity contribution in [2.75, 3.05) is 6.61 Å². The Balaban J connectivity index is 2.25. The molecule has 6 heteroatoms. The number of aliphatic hydroxyl groups is 4. The monoisotopic (exact) mass is 178 g/mol. The molecule has 70 valence electrons. The Labute approximate surface area is 68.0 Å². The summed E-state index contributed by atoms with van der Waals surface area (Å²) < 4.78 is 9.42. The molecule has 2 saturated heterocycles. The molecule has 0 aromatic rings. The minimum Gasteiger partial charge on any atom is -0.385 e. The van der Waals surface area contributed by atoms with E-state index in [1.807, 2.05) is 0 Å². The lowest BCUT2D eigenvalue weighted by atomic mass is 10.00. The molecule has 2 fully saturated rings. The zero-order valence-corrected chi connectivity index (χ0v) is 6.12. The first-order chi connectivity index (χ1) is 5.54. The predicted octanol–water partition coefficient (Wildman–Crippen LogP) is -2.86. The zero-order chi connectivity index (χ0) is 8.93. The Morgan fingerprint density at radius 1 is 1.25 bits per heavy atom. The lowest BCUT2D eigenvalue weighted by molar-refractivity contribution is -0.342. The van der Waals surface area contributed by atoms with E-state index in [-0.39, 0.29) is 6.61 Å². The lowest BCUT2D eigenvalue weighted by Gasteiger charge is -2.36. The summed E-state index contributed by atoms with van der Waals surface area (Å²) in [6.07, 6.45) is -5.11. The molecule has 4 N–H and O–H groups in total. The predicted molar refractivity (Wildman–Crippen MR) is 33.8 cm³/mol. The quantitative estimate of drug-likeness (QED) is 0.318. The van der Waals surface area contributed by atoms with Crippen LogP contribution in [0.5, 0.6) is 0 Å². The summed E-state index contributed by atoms with van der Waals surface area (Å²) in [5.41, 5.74) is 0. The Hall–Kier alpha value is -0.240. The molecule has 2 aliphatic rings. The van der Waals surface area contributed by atoms with Crippen LogP contribution in [-0.4, -0.2) is 57.4 Å². The van der Waals surface area contributed by atoms with E-state index in [9.17, 15) is 15.3 Å². The largest absolute Gasteiger partial charge is 0.385 e. The maximum Gasteiger partial charge on any atom is 0.221 e. The van der Waals surface area contributed by atoms with Crippen molar-refractivity contribution in [1.29, 1.82) is 0 Å². The number of ether oxygens (including phenoxy) is 2. The second kappa shape index (κ2) is 2.38. The van der Waals surface area contributed by atoms with Crippen LogP contribution in [0.15, 0.2) is 0 Å². The van der Waals surface area contributed by atoms with Gasteiger partial charge in [-0.05, 0) is 0 Å². The SMILES string of the molecule is OC1OC2(O)COC(C1O)C2O. The van der Waals surface area contributed by atoms with Gasteiger partial charge in [-0.25, -0.2) is 0 Å². The second-order valence-electron chi connectivity index (χ2n) is 3.06. The summed E-state index contributed by atoms with van der Waals surface area (Å²) in [7, 11) is 0. The normalized spacial score (nSPS) is 59.0. The molecule has 0 radical (unpaired) electrons. The Morgan fingerprint density at radius 3 is 2.58 bits per heavy atom. The topological polar surface area (TPSA) is 99.4 Å². The third kappa shape index (κ3) is 0.905.